The topological polar surface area (TPSA) is 44.5 Å². The maximum absolute atomic E-state index is 9.76. The maximum atomic E-state index is 9.76. The first-order valence-electron chi connectivity index (χ1n) is 9.12. The lowest BCUT2D eigenvalue weighted by molar-refractivity contribution is 0.129. The summed E-state index contributed by atoms with van der Waals surface area (Å²) in [5, 5.41) is 14.3. The van der Waals surface area contributed by atoms with Crippen LogP contribution in [0.15, 0.2) is 6.07 Å². The summed E-state index contributed by atoms with van der Waals surface area (Å²) in [7, 11) is 0. The highest BCUT2D eigenvalue weighted by Gasteiger charge is 2.28. The lowest BCUT2D eigenvalue weighted by Crippen LogP contribution is -2.41. The van der Waals surface area contributed by atoms with Crippen LogP contribution in [0, 0.1) is 5.41 Å². The molecular formula is C18H32N4O. The molecule has 1 unspecified atom stereocenters. The molecule has 23 heavy (non-hydrogen) atoms. The van der Waals surface area contributed by atoms with Crippen LogP contribution in [0.4, 0.5) is 0 Å². The van der Waals surface area contributed by atoms with Gasteiger partial charge < -0.3 is 10.0 Å². The number of likely N-dealkylation sites (tertiary alicyclic amines) is 1. The van der Waals surface area contributed by atoms with E-state index in [1.807, 2.05) is 0 Å². The predicted octanol–water partition coefficient (Wildman–Crippen LogP) is 2.26. The lowest BCUT2D eigenvalue weighted by atomic mass is 9.91. The number of aliphatic hydroxyl groups is 1. The van der Waals surface area contributed by atoms with Crippen LogP contribution >= 0.6 is 0 Å². The molecule has 1 aromatic heterocycles. The second kappa shape index (κ2) is 6.91. The van der Waals surface area contributed by atoms with Crippen molar-refractivity contribution < 1.29 is 5.11 Å². The third-order valence-corrected chi connectivity index (χ3v) is 5.04. The Kier molecular flexibility index (Phi) is 5.09. The van der Waals surface area contributed by atoms with Crippen LogP contribution in [0.2, 0.25) is 0 Å². The van der Waals surface area contributed by atoms with Crippen molar-refractivity contribution in [3.63, 3.8) is 0 Å². The third-order valence-electron chi connectivity index (χ3n) is 5.04. The molecule has 0 amide bonds. The summed E-state index contributed by atoms with van der Waals surface area (Å²) >= 11 is 0. The summed E-state index contributed by atoms with van der Waals surface area (Å²) in [5.41, 5.74) is 2.36. The SMILES string of the molecule is CC(O)c1cc2n(n1)CCCN(CC(C)(C)CN1CCCC1)C2. The van der Waals surface area contributed by atoms with Gasteiger partial charge in [0, 0.05) is 32.7 Å². The fourth-order valence-corrected chi connectivity index (χ4v) is 4.09. The first kappa shape index (κ1) is 16.9. The highest BCUT2D eigenvalue weighted by Crippen LogP contribution is 2.24. The number of hydrogen-bond acceptors (Lipinski definition) is 4. The number of aromatic nitrogens is 2. The summed E-state index contributed by atoms with van der Waals surface area (Å²) in [4.78, 5) is 5.19. The number of rotatable bonds is 5. The molecule has 0 aliphatic carbocycles. The van der Waals surface area contributed by atoms with Crippen molar-refractivity contribution in [1.82, 2.24) is 19.6 Å². The molecule has 2 aliphatic rings. The Morgan fingerprint density at radius 2 is 1.74 bits per heavy atom. The molecule has 0 saturated carbocycles. The molecule has 5 heteroatoms. The van der Waals surface area contributed by atoms with Gasteiger partial charge in [0.15, 0.2) is 0 Å². The van der Waals surface area contributed by atoms with Crippen molar-refractivity contribution in [3.05, 3.63) is 17.5 Å². The Hall–Kier alpha value is -0.910. The Morgan fingerprint density at radius 1 is 1.09 bits per heavy atom. The van der Waals surface area contributed by atoms with E-state index in [1.165, 1.54) is 38.2 Å². The van der Waals surface area contributed by atoms with Crippen LogP contribution in [0.5, 0.6) is 0 Å². The maximum Gasteiger partial charge on any atom is 0.0950 e. The normalized spacial score (nSPS) is 22.1. The molecule has 5 nitrogen and oxygen atoms in total. The van der Waals surface area contributed by atoms with E-state index in [4.69, 9.17) is 0 Å². The standard InChI is InChI=1S/C18H32N4O/c1-15(23)17-11-16-12-21(9-6-10-22(16)19-17)14-18(2,3)13-20-7-4-5-8-20/h11,15,23H,4-10,12-14H2,1-3H3. The molecule has 1 atom stereocenters. The van der Waals surface area contributed by atoms with Crippen molar-refractivity contribution >= 4 is 0 Å². The monoisotopic (exact) mass is 320 g/mol. The summed E-state index contributed by atoms with van der Waals surface area (Å²) in [5.74, 6) is 0. The van der Waals surface area contributed by atoms with Gasteiger partial charge in [-0.3, -0.25) is 9.58 Å². The minimum absolute atomic E-state index is 0.312. The van der Waals surface area contributed by atoms with Gasteiger partial charge in [0.1, 0.15) is 0 Å². The van der Waals surface area contributed by atoms with Gasteiger partial charge in [-0.1, -0.05) is 13.8 Å². The Labute approximate surface area is 140 Å². The Balaban J connectivity index is 1.63. The minimum atomic E-state index is -0.477. The van der Waals surface area contributed by atoms with Gasteiger partial charge in [0.05, 0.1) is 17.5 Å². The van der Waals surface area contributed by atoms with E-state index in [9.17, 15) is 5.11 Å². The van der Waals surface area contributed by atoms with E-state index in [-0.39, 0.29) is 0 Å². The Morgan fingerprint density at radius 3 is 2.43 bits per heavy atom. The van der Waals surface area contributed by atoms with Gasteiger partial charge in [-0.05, 0) is 50.8 Å². The van der Waals surface area contributed by atoms with Crippen LogP contribution in [0.1, 0.15) is 57.5 Å². The fourth-order valence-electron chi connectivity index (χ4n) is 4.09. The number of nitrogens with zero attached hydrogens (tertiary/aromatic N) is 4. The largest absolute Gasteiger partial charge is 0.387 e. The van der Waals surface area contributed by atoms with Crippen molar-refractivity contribution in [1.29, 1.82) is 0 Å². The molecule has 3 rings (SSSR count). The van der Waals surface area contributed by atoms with E-state index in [1.54, 1.807) is 6.92 Å². The van der Waals surface area contributed by atoms with Crippen molar-refractivity contribution in [3.8, 4) is 0 Å². The summed E-state index contributed by atoms with van der Waals surface area (Å²) in [6.45, 7) is 14.5. The average molecular weight is 320 g/mol. The first-order chi connectivity index (χ1) is 10.9. The molecule has 0 bridgehead atoms. The van der Waals surface area contributed by atoms with Crippen molar-refractivity contribution in [2.45, 2.75) is 59.2 Å². The first-order valence-corrected chi connectivity index (χ1v) is 9.12. The molecule has 130 valence electrons. The number of hydrogen-bond donors (Lipinski definition) is 1. The van der Waals surface area contributed by atoms with E-state index in [0.29, 0.717) is 5.41 Å². The average Bonchev–Trinajstić information content (AvgIpc) is 3.05. The molecule has 1 N–H and O–H groups in total. The second-order valence-corrected chi connectivity index (χ2v) is 8.17. The number of aryl methyl sites for hydroxylation is 1. The smallest absolute Gasteiger partial charge is 0.0950 e. The molecule has 1 fully saturated rings. The van der Waals surface area contributed by atoms with E-state index < -0.39 is 6.10 Å². The van der Waals surface area contributed by atoms with Crippen molar-refractivity contribution in [2.24, 2.45) is 5.41 Å². The summed E-state index contributed by atoms with van der Waals surface area (Å²) < 4.78 is 2.09. The summed E-state index contributed by atoms with van der Waals surface area (Å²) in [6.07, 6.45) is 3.38. The third kappa shape index (κ3) is 4.34. The second-order valence-electron chi connectivity index (χ2n) is 8.17. The van der Waals surface area contributed by atoms with Crippen LogP contribution < -0.4 is 0 Å². The van der Waals surface area contributed by atoms with Crippen LogP contribution in [-0.4, -0.2) is 57.4 Å². The van der Waals surface area contributed by atoms with Gasteiger partial charge in [0.2, 0.25) is 0 Å². The molecular weight excluding hydrogens is 288 g/mol. The zero-order chi connectivity index (χ0) is 16.4. The zero-order valence-electron chi connectivity index (χ0n) is 15.0. The Bertz CT molecular complexity index is 517. The zero-order valence-corrected chi connectivity index (χ0v) is 15.0. The lowest BCUT2D eigenvalue weighted by Gasteiger charge is -2.35. The number of aliphatic hydroxyl groups excluding tert-OH is 1. The van der Waals surface area contributed by atoms with Gasteiger partial charge in [0.25, 0.3) is 0 Å². The molecule has 0 radical (unpaired) electrons. The quantitative estimate of drug-likeness (QED) is 0.904. The van der Waals surface area contributed by atoms with E-state index in [0.717, 1.165) is 38.3 Å². The van der Waals surface area contributed by atoms with Crippen LogP contribution in [-0.2, 0) is 13.1 Å². The highest BCUT2D eigenvalue weighted by atomic mass is 16.3. The van der Waals surface area contributed by atoms with Gasteiger partial charge in [-0.25, -0.2) is 0 Å². The number of fused-ring (bicyclic) bond motifs is 1. The molecule has 0 spiro atoms. The van der Waals surface area contributed by atoms with E-state index in [2.05, 4.69) is 39.5 Å². The predicted molar refractivity (Wildman–Crippen MR) is 92.2 cm³/mol. The molecule has 1 saturated heterocycles. The fraction of sp³-hybridized carbons (Fsp3) is 0.833. The van der Waals surface area contributed by atoms with Crippen molar-refractivity contribution in [2.75, 3.05) is 32.7 Å². The van der Waals surface area contributed by atoms with E-state index >= 15 is 0 Å². The van der Waals surface area contributed by atoms with Gasteiger partial charge in [-0.15, -0.1) is 0 Å². The van der Waals surface area contributed by atoms with Gasteiger partial charge >= 0.3 is 0 Å². The molecule has 3 heterocycles. The minimum Gasteiger partial charge on any atom is -0.387 e. The van der Waals surface area contributed by atoms with Gasteiger partial charge in [-0.2, -0.15) is 5.10 Å². The van der Waals surface area contributed by atoms with Crippen LogP contribution in [0.25, 0.3) is 0 Å². The molecule has 1 aromatic rings. The van der Waals surface area contributed by atoms with Crippen LogP contribution in [0.3, 0.4) is 0 Å². The highest BCUT2D eigenvalue weighted by molar-refractivity contribution is 5.13. The molecule has 0 aromatic carbocycles. The summed E-state index contributed by atoms with van der Waals surface area (Å²) in [6, 6.07) is 2.08. The molecule has 2 aliphatic heterocycles.